The predicted octanol–water partition coefficient (Wildman–Crippen LogP) is 2.64. The highest BCUT2D eigenvalue weighted by Crippen LogP contribution is 2.21. The van der Waals surface area contributed by atoms with Gasteiger partial charge in [0.15, 0.2) is 5.82 Å². The maximum atomic E-state index is 12.8. The van der Waals surface area contributed by atoms with Gasteiger partial charge in [-0.05, 0) is 24.5 Å². The second-order valence-corrected chi connectivity index (χ2v) is 9.42. The fraction of sp³-hybridized carbons (Fsp3) is 0.500. The molecule has 0 aliphatic heterocycles. The number of unbranched alkanes of at least 4 members (excludes halogenated alkanes) is 3. The van der Waals surface area contributed by atoms with Gasteiger partial charge in [0.25, 0.3) is 16.0 Å². The summed E-state index contributed by atoms with van der Waals surface area (Å²) in [5, 5.41) is 14.5. The molecule has 1 heterocycles. The third-order valence-corrected chi connectivity index (χ3v) is 6.09. The van der Waals surface area contributed by atoms with Gasteiger partial charge in [0.05, 0.1) is 11.9 Å². The molecular weight excluding hydrogens is 448 g/mol. The Morgan fingerprint density at radius 1 is 1.18 bits per heavy atom. The molecule has 0 bridgehead atoms. The third kappa shape index (κ3) is 7.95. The van der Waals surface area contributed by atoms with Crippen molar-refractivity contribution >= 4 is 27.8 Å². The molecule has 0 spiro atoms. The summed E-state index contributed by atoms with van der Waals surface area (Å²) < 4.78 is 34.1. The van der Waals surface area contributed by atoms with Crippen molar-refractivity contribution in [1.29, 1.82) is 0 Å². The Kier molecular flexibility index (Phi) is 10.0. The van der Waals surface area contributed by atoms with Crippen molar-refractivity contribution in [2.75, 3.05) is 18.5 Å². The minimum Gasteiger partial charge on any atom is -0.396 e. The van der Waals surface area contributed by atoms with Crippen LogP contribution in [0, 0.1) is 5.92 Å². The van der Waals surface area contributed by atoms with Gasteiger partial charge in [-0.3, -0.25) is 14.1 Å². The van der Waals surface area contributed by atoms with Crippen molar-refractivity contribution < 1.29 is 27.7 Å². The van der Waals surface area contributed by atoms with Crippen LogP contribution >= 0.6 is 0 Å². The number of amides is 2. The summed E-state index contributed by atoms with van der Waals surface area (Å²) in [4.78, 5) is 29.0. The first-order chi connectivity index (χ1) is 15.7. The zero-order valence-corrected chi connectivity index (χ0v) is 19.7. The standard InChI is InChI=1S/C22H32N4O6S/c1-3-4-5-6-10-18(22(29)23-12-16(2)14-27)26-13-20(24-15-26)25-21(28)17-9-7-8-11-19(17)33(30,31)32/h7-9,11,13,15-16,18,27H,3-6,10,12,14H2,1-2H3,(H,23,29)(H,25,28)(H,30,31,32). The highest BCUT2D eigenvalue weighted by molar-refractivity contribution is 7.86. The lowest BCUT2D eigenvalue weighted by molar-refractivity contribution is -0.124. The zero-order chi connectivity index (χ0) is 24.4. The van der Waals surface area contributed by atoms with Gasteiger partial charge in [-0.2, -0.15) is 8.42 Å². The van der Waals surface area contributed by atoms with Gasteiger partial charge < -0.3 is 20.3 Å². The van der Waals surface area contributed by atoms with Crippen LogP contribution in [0.15, 0.2) is 41.7 Å². The minimum absolute atomic E-state index is 0.0340. The highest BCUT2D eigenvalue weighted by Gasteiger charge is 2.23. The SMILES string of the molecule is CCCCCCC(C(=O)NCC(C)CO)n1cnc(NC(=O)c2ccccc2S(=O)(=O)O)c1. The summed E-state index contributed by atoms with van der Waals surface area (Å²) in [7, 11) is -4.58. The van der Waals surface area contributed by atoms with Gasteiger partial charge in [0, 0.05) is 19.3 Å². The summed E-state index contributed by atoms with van der Waals surface area (Å²) >= 11 is 0. The molecule has 33 heavy (non-hydrogen) atoms. The number of nitrogens with one attached hydrogen (secondary N) is 2. The van der Waals surface area contributed by atoms with E-state index in [1.54, 1.807) is 4.57 Å². The van der Waals surface area contributed by atoms with E-state index in [-0.39, 0.29) is 29.8 Å². The number of hydrogen-bond donors (Lipinski definition) is 4. The molecule has 0 saturated heterocycles. The Labute approximate surface area is 194 Å². The third-order valence-electron chi connectivity index (χ3n) is 5.18. The predicted molar refractivity (Wildman–Crippen MR) is 123 cm³/mol. The molecule has 0 aliphatic rings. The summed E-state index contributed by atoms with van der Waals surface area (Å²) in [6.07, 6.45) is 7.47. The van der Waals surface area contributed by atoms with E-state index in [2.05, 4.69) is 22.5 Å². The van der Waals surface area contributed by atoms with Crippen LogP contribution in [-0.2, 0) is 14.9 Å². The summed E-state index contributed by atoms with van der Waals surface area (Å²) in [6, 6.07) is 4.74. The highest BCUT2D eigenvalue weighted by atomic mass is 32.2. The van der Waals surface area contributed by atoms with Crippen LogP contribution in [-0.4, -0.2) is 52.6 Å². The molecule has 2 amide bonds. The van der Waals surface area contributed by atoms with Crippen LogP contribution in [0.1, 0.15) is 62.4 Å². The normalized spacial score (nSPS) is 13.3. The lowest BCUT2D eigenvalue weighted by Gasteiger charge is -2.19. The molecule has 0 saturated carbocycles. The van der Waals surface area contributed by atoms with Gasteiger partial charge in [-0.25, -0.2) is 4.98 Å². The fourth-order valence-corrected chi connectivity index (χ4v) is 3.96. The molecule has 0 aliphatic carbocycles. The zero-order valence-electron chi connectivity index (χ0n) is 18.9. The Morgan fingerprint density at radius 2 is 1.91 bits per heavy atom. The van der Waals surface area contributed by atoms with E-state index >= 15 is 0 Å². The first kappa shape index (κ1) is 26.5. The van der Waals surface area contributed by atoms with Crippen LogP contribution in [0.3, 0.4) is 0 Å². The van der Waals surface area contributed by atoms with E-state index < -0.39 is 27.0 Å². The fourth-order valence-electron chi connectivity index (χ4n) is 3.27. The number of benzene rings is 1. The first-order valence-electron chi connectivity index (χ1n) is 11.0. The molecule has 182 valence electrons. The van der Waals surface area contributed by atoms with E-state index in [4.69, 9.17) is 0 Å². The van der Waals surface area contributed by atoms with E-state index in [9.17, 15) is 27.7 Å². The molecule has 2 rings (SSSR count). The van der Waals surface area contributed by atoms with E-state index in [1.165, 1.54) is 30.7 Å². The number of carbonyl (C=O) groups is 2. The first-order valence-corrected chi connectivity index (χ1v) is 12.4. The number of aliphatic hydroxyl groups excluding tert-OH is 1. The molecule has 2 unspecified atom stereocenters. The van der Waals surface area contributed by atoms with Crippen LogP contribution in [0.5, 0.6) is 0 Å². The quantitative estimate of drug-likeness (QED) is 0.254. The number of carbonyl (C=O) groups excluding carboxylic acids is 2. The second-order valence-electron chi connectivity index (χ2n) is 8.03. The van der Waals surface area contributed by atoms with Gasteiger partial charge >= 0.3 is 0 Å². The summed E-state index contributed by atoms with van der Waals surface area (Å²) in [5.41, 5.74) is -0.221. The average Bonchev–Trinajstić information content (AvgIpc) is 3.24. The van der Waals surface area contributed by atoms with Crippen LogP contribution in [0.25, 0.3) is 0 Å². The summed E-state index contributed by atoms with van der Waals surface area (Å²) in [5.74, 6) is -0.900. The topological polar surface area (TPSA) is 151 Å². The Bertz CT molecular complexity index is 1040. The number of nitrogens with zero attached hydrogens (tertiary/aromatic N) is 2. The summed E-state index contributed by atoms with van der Waals surface area (Å²) in [6.45, 7) is 4.23. The molecule has 4 N–H and O–H groups in total. The molecule has 0 fully saturated rings. The average molecular weight is 481 g/mol. The molecule has 1 aromatic carbocycles. The maximum absolute atomic E-state index is 12.8. The number of rotatable bonds is 13. The van der Waals surface area contributed by atoms with Crippen molar-refractivity contribution in [3.8, 4) is 0 Å². The van der Waals surface area contributed by atoms with E-state index in [1.807, 2.05) is 6.92 Å². The van der Waals surface area contributed by atoms with Crippen LogP contribution < -0.4 is 10.6 Å². The number of aliphatic hydroxyl groups is 1. The number of aromatic nitrogens is 2. The molecular formula is C22H32N4O6S. The molecule has 2 aromatic rings. The van der Waals surface area contributed by atoms with E-state index in [0.717, 1.165) is 31.7 Å². The Hall–Kier alpha value is -2.76. The second kappa shape index (κ2) is 12.5. The molecule has 2 atom stereocenters. The maximum Gasteiger partial charge on any atom is 0.295 e. The van der Waals surface area contributed by atoms with Gasteiger partial charge in [0.1, 0.15) is 10.9 Å². The molecule has 10 nitrogen and oxygen atoms in total. The van der Waals surface area contributed by atoms with Crippen LogP contribution in [0.2, 0.25) is 0 Å². The van der Waals surface area contributed by atoms with Crippen molar-refractivity contribution in [2.24, 2.45) is 5.92 Å². The van der Waals surface area contributed by atoms with Gasteiger partial charge in [0.2, 0.25) is 5.91 Å². The molecule has 1 aromatic heterocycles. The minimum atomic E-state index is -4.58. The van der Waals surface area contributed by atoms with Crippen molar-refractivity contribution in [1.82, 2.24) is 14.9 Å². The number of hydrogen-bond acceptors (Lipinski definition) is 6. The Morgan fingerprint density at radius 3 is 2.58 bits per heavy atom. The smallest absolute Gasteiger partial charge is 0.295 e. The van der Waals surface area contributed by atoms with Crippen molar-refractivity contribution in [2.45, 2.75) is 56.9 Å². The van der Waals surface area contributed by atoms with Gasteiger partial charge in [-0.1, -0.05) is 51.7 Å². The number of anilines is 1. The monoisotopic (exact) mass is 480 g/mol. The molecule has 0 radical (unpaired) electrons. The lowest BCUT2D eigenvalue weighted by atomic mass is 10.1. The van der Waals surface area contributed by atoms with Gasteiger partial charge in [-0.15, -0.1) is 0 Å². The van der Waals surface area contributed by atoms with Crippen molar-refractivity contribution in [3.05, 3.63) is 42.4 Å². The van der Waals surface area contributed by atoms with Crippen molar-refractivity contribution in [3.63, 3.8) is 0 Å². The lowest BCUT2D eigenvalue weighted by Crippen LogP contribution is -2.35. The van der Waals surface area contributed by atoms with Crippen LogP contribution in [0.4, 0.5) is 5.82 Å². The number of imidazole rings is 1. The van der Waals surface area contributed by atoms with E-state index in [0.29, 0.717) is 13.0 Å². The largest absolute Gasteiger partial charge is 0.396 e. The molecule has 11 heteroatoms. The Balaban J connectivity index is 2.17.